The van der Waals surface area contributed by atoms with Gasteiger partial charge in [0.2, 0.25) is 17.6 Å². The van der Waals surface area contributed by atoms with Crippen LogP contribution in [0.2, 0.25) is 0 Å². The van der Waals surface area contributed by atoms with Crippen molar-refractivity contribution < 1.29 is 14.3 Å². The molecule has 5 nitrogen and oxygen atoms in total. The summed E-state index contributed by atoms with van der Waals surface area (Å²) in [5, 5.41) is -0.530. The van der Waals surface area contributed by atoms with E-state index in [1.807, 2.05) is 0 Å². The highest BCUT2D eigenvalue weighted by Gasteiger charge is 2.09. The second-order valence-corrected chi connectivity index (χ2v) is 2.49. The first-order valence-electron chi connectivity index (χ1n) is 3.37. The van der Waals surface area contributed by atoms with E-state index in [0.717, 1.165) is 0 Å². The third kappa shape index (κ3) is 2.32. The van der Waals surface area contributed by atoms with Crippen LogP contribution in [0.25, 0.3) is 0 Å². The van der Waals surface area contributed by atoms with Crippen molar-refractivity contribution in [3.8, 4) is 11.8 Å². The average molecular weight is 200 g/mol. The highest BCUT2D eigenvalue weighted by molar-refractivity contribution is 7.97. The van der Waals surface area contributed by atoms with Gasteiger partial charge >= 0.3 is 0 Å². The van der Waals surface area contributed by atoms with Crippen LogP contribution in [0.15, 0.2) is 6.07 Å². The number of rotatable bonds is 3. The van der Waals surface area contributed by atoms with Gasteiger partial charge in [0.15, 0.2) is 0 Å². The molecule has 1 heterocycles. The van der Waals surface area contributed by atoms with Gasteiger partial charge in [0.05, 0.1) is 20.3 Å². The van der Waals surface area contributed by atoms with Gasteiger partial charge in [-0.15, -0.1) is 0 Å². The summed E-state index contributed by atoms with van der Waals surface area (Å²) >= 11 is 3.58. The maximum atomic E-state index is 10.8. The highest BCUT2D eigenvalue weighted by atomic mass is 32.1. The number of carbonyl (C=O) groups excluding carboxylic acids is 1. The number of methoxy groups -OCH3 is 2. The van der Waals surface area contributed by atoms with Gasteiger partial charge in [-0.1, -0.05) is 12.6 Å². The summed E-state index contributed by atoms with van der Waals surface area (Å²) in [6, 6.07) is 1.47. The molecule has 0 aliphatic heterocycles. The molecule has 0 fully saturated rings. The van der Waals surface area contributed by atoms with Crippen LogP contribution in [0.5, 0.6) is 11.8 Å². The molecule has 0 bridgehead atoms. The molecular formula is C7H8N2O3S. The summed E-state index contributed by atoms with van der Waals surface area (Å²) in [6.07, 6.45) is 0. The van der Waals surface area contributed by atoms with Gasteiger partial charge in [0.1, 0.15) is 0 Å². The normalized spacial score (nSPS) is 9.46. The number of hydrogen-bond donors (Lipinski definition) is 1. The Hall–Kier alpha value is -1.30. The predicted molar refractivity (Wildman–Crippen MR) is 48.5 cm³/mol. The van der Waals surface area contributed by atoms with Crippen molar-refractivity contribution in [1.82, 2.24) is 9.97 Å². The molecule has 0 aromatic carbocycles. The summed E-state index contributed by atoms with van der Waals surface area (Å²) in [5.41, 5.74) is 0. The first-order chi connectivity index (χ1) is 6.17. The maximum Gasteiger partial charge on any atom is 0.253 e. The van der Waals surface area contributed by atoms with Gasteiger partial charge in [-0.2, -0.15) is 9.97 Å². The summed E-state index contributed by atoms with van der Waals surface area (Å²) in [5.74, 6) is 0.494. The minimum absolute atomic E-state index is 0.0421. The van der Waals surface area contributed by atoms with Crippen LogP contribution in [0, 0.1) is 0 Å². The fourth-order valence-corrected chi connectivity index (χ4v) is 0.809. The number of nitrogens with zero attached hydrogens (tertiary/aromatic N) is 2. The number of hydrogen-bond acceptors (Lipinski definition) is 5. The molecule has 6 heteroatoms. The van der Waals surface area contributed by atoms with E-state index in [4.69, 9.17) is 9.47 Å². The van der Waals surface area contributed by atoms with Crippen molar-refractivity contribution in [2.24, 2.45) is 0 Å². The molecule has 0 amide bonds. The summed E-state index contributed by atoms with van der Waals surface area (Å²) in [4.78, 5) is 18.3. The van der Waals surface area contributed by atoms with Crippen molar-refractivity contribution >= 4 is 17.7 Å². The molecule has 1 aromatic rings. The molecule has 0 radical (unpaired) electrons. The number of thiol groups is 1. The van der Waals surface area contributed by atoms with Crippen molar-refractivity contribution in [1.29, 1.82) is 0 Å². The van der Waals surface area contributed by atoms with Crippen LogP contribution >= 0.6 is 12.6 Å². The zero-order chi connectivity index (χ0) is 9.84. The Morgan fingerprint density at radius 2 is 1.77 bits per heavy atom. The third-order valence-electron chi connectivity index (χ3n) is 1.29. The van der Waals surface area contributed by atoms with Crippen molar-refractivity contribution in [3.63, 3.8) is 0 Å². The fourth-order valence-electron chi connectivity index (χ4n) is 0.709. The molecule has 0 saturated heterocycles. The first kappa shape index (κ1) is 9.79. The topological polar surface area (TPSA) is 61.3 Å². The summed E-state index contributed by atoms with van der Waals surface area (Å²) in [7, 11) is 2.88. The number of ether oxygens (including phenoxy) is 2. The van der Waals surface area contributed by atoms with E-state index in [1.165, 1.54) is 20.3 Å². The van der Waals surface area contributed by atoms with Gasteiger partial charge in [0, 0.05) is 0 Å². The van der Waals surface area contributed by atoms with Crippen molar-refractivity contribution in [2.45, 2.75) is 0 Å². The Bertz CT molecular complexity index is 307. The minimum atomic E-state index is -0.530. The SMILES string of the molecule is COc1cc(OC)nc(C(=O)S)n1. The number of aromatic nitrogens is 2. The first-order valence-corrected chi connectivity index (χ1v) is 3.82. The molecule has 0 unspecified atom stereocenters. The Morgan fingerprint density at radius 3 is 2.08 bits per heavy atom. The molecule has 1 aromatic heterocycles. The van der Waals surface area contributed by atoms with Gasteiger partial charge < -0.3 is 9.47 Å². The molecule has 13 heavy (non-hydrogen) atoms. The second kappa shape index (κ2) is 4.08. The lowest BCUT2D eigenvalue weighted by Gasteiger charge is -2.03. The lowest BCUT2D eigenvalue weighted by Crippen LogP contribution is -2.02. The van der Waals surface area contributed by atoms with E-state index in [0.29, 0.717) is 0 Å². The Balaban J connectivity index is 3.14. The largest absolute Gasteiger partial charge is 0.481 e. The predicted octanol–water partition coefficient (Wildman–Crippen LogP) is 0.564. The molecular weight excluding hydrogens is 192 g/mol. The van der Waals surface area contributed by atoms with E-state index < -0.39 is 5.12 Å². The highest BCUT2D eigenvalue weighted by Crippen LogP contribution is 2.15. The quantitative estimate of drug-likeness (QED) is 0.722. The van der Waals surface area contributed by atoms with Crippen LogP contribution in [-0.4, -0.2) is 29.3 Å². The molecule has 0 aliphatic rings. The van der Waals surface area contributed by atoms with E-state index >= 15 is 0 Å². The maximum absolute atomic E-state index is 10.8. The average Bonchev–Trinajstić information content (AvgIpc) is 2.16. The van der Waals surface area contributed by atoms with Crippen molar-refractivity contribution in [3.05, 3.63) is 11.9 Å². The lowest BCUT2D eigenvalue weighted by molar-refractivity contribution is 0.108. The lowest BCUT2D eigenvalue weighted by atomic mass is 10.5. The molecule has 0 saturated carbocycles. The molecule has 0 atom stereocenters. The standard InChI is InChI=1S/C7H8N2O3S/c1-11-4-3-5(12-2)9-6(8-4)7(10)13/h3H,1-2H3,(H,10,13). The van der Waals surface area contributed by atoms with E-state index in [-0.39, 0.29) is 17.6 Å². The fraction of sp³-hybridized carbons (Fsp3) is 0.286. The Labute approximate surface area is 80.5 Å². The van der Waals surface area contributed by atoms with Gasteiger partial charge in [0.25, 0.3) is 5.12 Å². The minimum Gasteiger partial charge on any atom is -0.481 e. The Kier molecular flexibility index (Phi) is 3.07. The molecule has 0 aliphatic carbocycles. The monoisotopic (exact) mass is 200 g/mol. The summed E-state index contributed by atoms with van der Waals surface area (Å²) in [6.45, 7) is 0. The van der Waals surface area contributed by atoms with Gasteiger partial charge in [-0.3, -0.25) is 4.79 Å². The van der Waals surface area contributed by atoms with Crippen LogP contribution in [0.1, 0.15) is 10.6 Å². The smallest absolute Gasteiger partial charge is 0.253 e. The number of carbonyl (C=O) groups is 1. The Morgan fingerprint density at radius 1 is 1.31 bits per heavy atom. The van der Waals surface area contributed by atoms with Crippen LogP contribution in [-0.2, 0) is 0 Å². The zero-order valence-electron chi connectivity index (χ0n) is 7.14. The van der Waals surface area contributed by atoms with Crippen LogP contribution < -0.4 is 9.47 Å². The summed E-state index contributed by atoms with van der Waals surface area (Å²) < 4.78 is 9.66. The van der Waals surface area contributed by atoms with E-state index in [1.54, 1.807) is 0 Å². The second-order valence-electron chi connectivity index (χ2n) is 2.08. The van der Waals surface area contributed by atoms with Crippen molar-refractivity contribution in [2.75, 3.05) is 14.2 Å². The van der Waals surface area contributed by atoms with Gasteiger partial charge in [-0.25, -0.2) is 0 Å². The zero-order valence-corrected chi connectivity index (χ0v) is 8.04. The molecule has 70 valence electrons. The third-order valence-corrected chi connectivity index (χ3v) is 1.49. The van der Waals surface area contributed by atoms with Crippen LogP contribution in [0.4, 0.5) is 0 Å². The van der Waals surface area contributed by atoms with Crippen LogP contribution in [0.3, 0.4) is 0 Å². The molecule has 0 spiro atoms. The van der Waals surface area contributed by atoms with E-state index in [9.17, 15) is 4.79 Å². The van der Waals surface area contributed by atoms with E-state index in [2.05, 4.69) is 22.6 Å². The van der Waals surface area contributed by atoms with Gasteiger partial charge in [-0.05, 0) is 0 Å². The molecule has 1 rings (SSSR count). The molecule has 0 N–H and O–H groups in total.